The molecule has 1 aromatic carbocycles. The largest absolute Gasteiger partial charge is 0.494 e. The highest BCUT2D eigenvalue weighted by molar-refractivity contribution is 14.0. The number of rotatable bonds is 8. The highest BCUT2D eigenvalue weighted by atomic mass is 127. The fourth-order valence-corrected chi connectivity index (χ4v) is 2.24. The Morgan fingerprint density at radius 3 is 2.68 bits per heavy atom. The van der Waals surface area contributed by atoms with Gasteiger partial charge in [0.15, 0.2) is 5.96 Å². The molecule has 2 N–H and O–H groups in total. The number of hydrogen-bond donors (Lipinski definition) is 2. The number of halogens is 1. The lowest BCUT2D eigenvalue weighted by atomic mass is 10.2. The Kier molecular flexibility index (Phi) is 9.27. The Bertz CT molecular complexity index is 461. The summed E-state index contributed by atoms with van der Waals surface area (Å²) in [5, 5.41) is 6.71. The van der Waals surface area contributed by atoms with E-state index in [1.165, 1.54) is 19.3 Å². The van der Waals surface area contributed by atoms with E-state index in [1.807, 2.05) is 25.1 Å². The van der Waals surface area contributed by atoms with E-state index in [-0.39, 0.29) is 24.0 Å². The fourth-order valence-electron chi connectivity index (χ4n) is 2.24. The zero-order chi connectivity index (χ0) is 14.9. The second-order valence-corrected chi connectivity index (χ2v) is 5.39. The quantitative estimate of drug-likeness (QED) is 0.386. The van der Waals surface area contributed by atoms with Gasteiger partial charge in [0, 0.05) is 18.7 Å². The number of para-hydroxylation sites is 1. The van der Waals surface area contributed by atoms with Crippen LogP contribution in [-0.2, 0) is 6.54 Å². The lowest BCUT2D eigenvalue weighted by Crippen LogP contribution is -2.37. The summed E-state index contributed by atoms with van der Waals surface area (Å²) in [6.07, 6.45) is 4.05. The number of ether oxygens (including phenoxy) is 1. The molecule has 22 heavy (non-hydrogen) atoms. The topological polar surface area (TPSA) is 45.7 Å². The molecule has 1 aliphatic carbocycles. The van der Waals surface area contributed by atoms with Crippen molar-refractivity contribution in [3.05, 3.63) is 29.8 Å². The summed E-state index contributed by atoms with van der Waals surface area (Å²) in [5.74, 6) is 2.76. The summed E-state index contributed by atoms with van der Waals surface area (Å²) < 4.78 is 5.64. The Balaban J connectivity index is 0.00000242. The van der Waals surface area contributed by atoms with Crippen LogP contribution < -0.4 is 15.4 Å². The van der Waals surface area contributed by atoms with Crippen molar-refractivity contribution < 1.29 is 4.74 Å². The van der Waals surface area contributed by atoms with Gasteiger partial charge >= 0.3 is 0 Å². The standard InChI is InChI=1S/C17H27N3O.HI/c1-3-18-17(19-12-11-14-9-10-14)20-13-15-7-5-6-8-16(15)21-4-2;/h5-8,14H,3-4,9-13H2,1-2H3,(H2,18,19,20);1H. The summed E-state index contributed by atoms with van der Waals surface area (Å²) in [6, 6.07) is 8.10. The molecule has 0 radical (unpaired) electrons. The molecule has 4 nitrogen and oxygen atoms in total. The summed E-state index contributed by atoms with van der Waals surface area (Å²) >= 11 is 0. The van der Waals surface area contributed by atoms with Crippen LogP contribution in [0.3, 0.4) is 0 Å². The van der Waals surface area contributed by atoms with Crippen LogP contribution >= 0.6 is 24.0 Å². The molecule has 1 saturated carbocycles. The van der Waals surface area contributed by atoms with E-state index in [1.54, 1.807) is 0 Å². The summed E-state index contributed by atoms with van der Waals surface area (Å²) in [5.41, 5.74) is 1.12. The van der Waals surface area contributed by atoms with E-state index in [2.05, 4.69) is 28.6 Å². The molecule has 124 valence electrons. The molecule has 0 spiro atoms. The van der Waals surface area contributed by atoms with Crippen molar-refractivity contribution in [2.75, 3.05) is 19.7 Å². The van der Waals surface area contributed by atoms with Gasteiger partial charge in [0.2, 0.25) is 0 Å². The maximum Gasteiger partial charge on any atom is 0.191 e. The van der Waals surface area contributed by atoms with E-state index in [0.29, 0.717) is 13.2 Å². The van der Waals surface area contributed by atoms with Crippen LogP contribution in [-0.4, -0.2) is 25.7 Å². The van der Waals surface area contributed by atoms with E-state index >= 15 is 0 Å². The number of guanidine groups is 1. The molecule has 0 heterocycles. The first kappa shape index (κ1) is 19.1. The normalized spacial score (nSPS) is 14.2. The molecule has 1 aliphatic rings. The fraction of sp³-hybridized carbons (Fsp3) is 0.588. The molecular weight excluding hydrogens is 389 g/mol. The second-order valence-electron chi connectivity index (χ2n) is 5.39. The molecule has 0 aliphatic heterocycles. The van der Waals surface area contributed by atoms with Crippen LogP contribution in [0.4, 0.5) is 0 Å². The zero-order valence-electron chi connectivity index (χ0n) is 13.6. The summed E-state index contributed by atoms with van der Waals surface area (Å²) in [6.45, 7) is 7.29. The molecule has 0 atom stereocenters. The first-order chi connectivity index (χ1) is 10.3. The molecule has 2 rings (SSSR count). The Hall–Kier alpha value is -0.980. The third-order valence-corrected chi connectivity index (χ3v) is 3.57. The average Bonchev–Trinajstić information content (AvgIpc) is 3.30. The van der Waals surface area contributed by atoms with E-state index in [4.69, 9.17) is 4.74 Å². The number of aliphatic imine (C=N–C) groups is 1. The number of hydrogen-bond acceptors (Lipinski definition) is 2. The molecular formula is C17H28IN3O. The van der Waals surface area contributed by atoms with Gasteiger partial charge in [-0.2, -0.15) is 0 Å². The highest BCUT2D eigenvalue weighted by Crippen LogP contribution is 2.31. The maximum atomic E-state index is 5.64. The monoisotopic (exact) mass is 417 g/mol. The van der Waals surface area contributed by atoms with Gasteiger partial charge in [0.1, 0.15) is 5.75 Å². The number of nitrogens with zero attached hydrogens (tertiary/aromatic N) is 1. The van der Waals surface area contributed by atoms with Crippen molar-refractivity contribution in [3.8, 4) is 5.75 Å². The van der Waals surface area contributed by atoms with Gasteiger partial charge in [-0.15, -0.1) is 24.0 Å². The predicted molar refractivity (Wildman–Crippen MR) is 103 cm³/mol. The molecule has 1 aromatic rings. The van der Waals surface area contributed by atoms with E-state index in [0.717, 1.165) is 36.3 Å². The molecule has 5 heteroatoms. The maximum absolute atomic E-state index is 5.64. The number of benzene rings is 1. The Morgan fingerprint density at radius 2 is 2.00 bits per heavy atom. The third kappa shape index (κ3) is 6.85. The minimum Gasteiger partial charge on any atom is -0.494 e. The molecule has 0 saturated heterocycles. The lowest BCUT2D eigenvalue weighted by molar-refractivity contribution is 0.336. The van der Waals surface area contributed by atoms with Crippen molar-refractivity contribution in [2.45, 2.75) is 39.7 Å². The molecule has 1 fully saturated rings. The SMILES string of the molecule is CCNC(=NCc1ccccc1OCC)NCCC1CC1.I. The van der Waals surface area contributed by atoms with Gasteiger partial charge in [0.25, 0.3) is 0 Å². The van der Waals surface area contributed by atoms with Gasteiger partial charge in [-0.25, -0.2) is 4.99 Å². The van der Waals surface area contributed by atoms with Gasteiger partial charge in [-0.3, -0.25) is 0 Å². The minimum atomic E-state index is 0. The van der Waals surface area contributed by atoms with Crippen LogP contribution in [0.1, 0.15) is 38.7 Å². The first-order valence-corrected chi connectivity index (χ1v) is 8.06. The molecule has 0 aromatic heterocycles. The Labute approximate surface area is 151 Å². The summed E-state index contributed by atoms with van der Waals surface area (Å²) in [4.78, 5) is 4.66. The van der Waals surface area contributed by atoms with Crippen molar-refractivity contribution in [2.24, 2.45) is 10.9 Å². The summed E-state index contributed by atoms with van der Waals surface area (Å²) in [7, 11) is 0. The van der Waals surface area contributed by atoms with Crippen LogP contribution in [0.5, 0.6) is 5.75 Å². The van der Waals surface area contributed by atoms with Gasteiger partial charge in [0.05, 0.1) is 13.2 Å². The highest BCUT2D eigenvalue weighted by Gasteiger charge is 2.20. The predicted octanol–water partition coefficient (Wildman–Crippen LogP) is 3.56. The van der Waals surface area contributed by atoms with Crippen LogP contribution in [0.15, 0.2) is 29.3 Å². The van der Waals surface area contributed by atoms with E-state index in [9.17, 15) is 0 Å². The average molecular weight is 417 g/mol. The van der Waals surface area contributed by atoms with Crippen LogP contribution in [0.2, 0.25) is 0 Å². The second kappa shape index (κ2) is 10.7. The lowest BCUT2D eigenvalue weighted by Gasteiger charge is -2.12. The smallest absolute Gasteiger partial charge is 0.191 e. The van der Waals surface area contributed by atoms with Crippen molar-refractivity contribution in [1.82, 2.24) is 10.6 Å². The van der Waals surface area contributed by atoms with Gasteiger partial charge in [-0.05, 0) is 32.3 Å². The third-order valence-electron chi connectivity index (χ3n) is 3.57. The van der Waals surface area contributed by atoms with Gasteiger partial charge in [-0.1, -0.05) is 31.0 Å². The van der Waals surface area contributed by atoms with Crippen molar-refractivity contribution >= 4 is 29.9 Å². The molecule has 0 unspecified atom stereocenters. The van der Waals surface area contributed by atoms with Crippen LogP contribution in [0.25, 0.3) is 0 Å². The first-order valence-electron chi connectivity index (χ1n) is 8.06. The molecule has 0 amide bonds. The van der Waals surface area contributed by atoms with Crippen molar-refractivity contribution in [1.29, 1.82) is 0 Å². The zero-order valence-corrected chi connectivity index (χ0v) is 15.9. The van der Waals surface area contributed by atoms with Gasteiger partial charge < -0.3 is 15.4 Å². The molecule has 0 bridgehead atoms. The van der Waals surface area contributed by atoms with Crippen LogP contribution in [0, 0.1) is 5.92 Å². The van der Waals surface area contributed by atoms with E-state index < -0.39 is 0 Å². The minimum absolute atomic E-state index is 0. The Morgan fingerprint density at radius 1 is 1.23 bits per heavy atom. The number of nitrogens with one attached hydrogen (secondary N) is 2. The van der Waals surface area contributed by atoms with Crippen molar-refractivity contribution in [3.63, 3.8) is 0 Å².